The van der Waals surface area contributed by atoms with Gasteiger partial charge in [-0.05, 0) is 49.1 Å². The van der Waals surface area contributed by atoms with Gasteiger partial charge in [-0.3, -0.25) is 38.3 Å². The topological polar surface area (TPSA) is 313 Å². The number of phosphoric acid groups is 1. The van der Waals surface area contributed by atoms with Crippen molar-refractivity contribution in [3.63, 3.8) is 0 Å². The Hall–Kier alpha value is -5.46. The van der Waals surface area contributed by atoms with E-state index in [-0.39, 0.29) is 48.3 Å². The van der Waals surface area contributed by atoms with Crippen molar-refractivity contribution in [3.05, 3.63) is 82.9 Å². The van der Waals surface area contributed by atoms with E-state index in [1.54, 1.807) is 48.5 Å². The third-order valence-electron chi connectivity index (χ3n) is 18.5. The van der Waals surface area contributed by atoms with Crippen LogP contribution < -0.4 is 5.32 Å². The van der Waals surface area contributed by atoms with E-state index in [4.69, 9.17) is 42.2 Å². The van der Waals surface area contributed by atoms with E-state index in [0.717, 1.165) is 39.5 Å². The Balaban J connectivity index is 1.22. The summed E-state index contributed by atoms with van der Waals surface area (Å²) in [4.78, 5) is 109. The predicted molar refractivity (Wildman–Crippen MR) is 332 cm³/mol. The highest BCUT2D eigenvalue weighted by molar-refractivity contribution is 7.47. The van der Waals surface area contributed by atoms with Gasteiger partial charge >= 0.3 is 43.6 Å². The minimum atomic E-state index is -4.72. The number of benzene rings is 2. The molecule has 23 nitrogen and oxygen atoms in total. The molecule has 6 rings (SSSR count). The summed E-state index contributed by atoms with van der Waals surface area (Å²) >= 11 is 0. The van der Waals surface area contributed by atoms with Gasteiger partial charge in [-0.2, -0.15) is 0 Å². The Morgan fingerprint density at radius 2 is 1.36 bits per heavy atom. The third-order valence-corrected chi connectivity index (χ3v) is 19.5. The summed E-state index contributed by atoms with van der Waals surface area (Å²) in [6, 6.07) is 14.3. The molecule has 4 aliphatic rings. The number of quaternary nitrogens is 1. The number of carbonyl (C=O) groups is 7. The van der Waals surface area contributed by atoms with E-state index in [9.17, 15) is 53.5 Å². The van der Waals surface area contributed by atoms with Gasteiger partial charge in [0.15, 0.2) is 29.7 Å². The Morgan fingerprint density at radius 1 is 0.780 bits per heavy atom. The van der Waals surface area contributed by atoms with Crippen LogP contribution in [-0.2, 0) is 75.5 Å². The molecular weight excluding hydrogens is 1200 g/mol. The molecule has 508 valence electrons. The van der Waals surface area contributed by atoms with Crippen LogP contribution in [0.4, 0.5) is 0 Å². The van der Waals surface area contributed by atoms with Crippen molar-refractivity contribution < 1.29 is 105 Å². The molecule has 0 aromatic heterocycles. The number of ketones is 1. The Labute approximate surface area is 535 Å². The van der Waals surface area contributed by atoms with Crippen molar-refractivity contribution >= 4 is 49.4 Å². The molecular formula is C67H100N2O21P+. The first kappa shape index (κ1) is 74.6. The van der Waals surface area contributed by atoms with E-state index in [1.165, 1.54) is 97.6 Å². The fourth-order valence-electron chi connectivity index (χ4n) is 13.3. The molecule has 2 aromatic carbocycles. The molecule has 2 aromatic rings. The zero-order chi connectivity index (χ0) is 67.0. The highest BCUT2D eigenvalue weighted by atomic mass is 31.2. The number of unbranched alkanes of at least 4 members (excludes halogenated alkanes) is 13. The maximum absolute atomic E-state index is 15.7. The monoisotopic (exact) mass is 1300 g/mol. The molecule has 1 saturated heterocycles. The van der Waals surface area contributed by atoms with Crippen LogP contribution in [0.2, 0.25) is 0 Å². The van der Waals surface area contributed by atoms with Crippen molar-refractivity contribution in [1.29, 1.82) is 0 Å². The lowest BCUT2D eigenvalue weighted by molar-refractivity contribution is -0.870. The fraction of sp³-hybridized carbons (Fsp3) is 0.687. The van der Waals surface area contributed by atoms with Crippen molar-refractivity contribution in [3.8, 4) is 0 Å². The second kappa shape index (κ2) is 33.1. The number of rotatable bonds is 36. The van der Waals surface area contributed by atoms with Gasteiger partial charge in [-0.25, -0.2) is 14.2 Å². The summed E-state index contributed by atoms with van der Waals surface area (Å²) in [5.74, 6) is -8.21. The van der Waals surface area contributed by atoms with Gasteiger partial charge in [0.25, 0.3) is 0 Å². The first-order valence-corrected chi connectivity index (χ1v) is 33.8. The maximum Gasteiger partial charge on any atom is 0.472 e. The highest BCUT2D eigenvalue weighted by Crippen LogP contribution is 2.64. The number of aliphatic hydroxyl groups is 3. The molecule has 5 N–H and O–H groups in total. The van der Waals surface area contributed by atoms with E-state index < -0.39 is 152 Å². The molecule has 2 bridgehead atoms. The van der Waals surface area contributed by atoms with Crippen LogP contribution in [0.3, 0.4) is 0 Å². The SMILES string of the molecule is CCCCCCCCCCCCCCCCC(=O)OCC(COP(=O)(O)OCC[N+](C)(C)C)OC(=O)CNC(c1ccccc1)[C@@H](O)C(=O)O[C@H]1C[C@@]2(O)[C@@H](OC(=O)c3ccccc3)C3[C@](C)(C(=O)[C@H](OC(C)=O)C(=C1C)C2(C)C)[C@@H](O)C[C@H]1OC[C@@]31OC(C)=O. The van der Waals surface area contributed by atoms with Crippen LogP contribution in [0.1, 0.15) is 180 Å². The number of nitrogens with zero attached hydrogens (tertiary/aromatic N) is 1. The number of aliphatic hydroxyl groups excluding tert-OH is 2. The predicted octanol–water partition coefficient (Wildman–Crippen LogP) is 8.06. The van der Waals surface area contributed by atoms with Gasteiger partial charge in [0.2, 0.25) is 0 Å². The summed E-state index contributed by atoms with van der Waals surface area (Å²) in [7, 11) is 0.863. The van der Waals surface area contributed by atoms with E-state index >= 15 is 4.79 Å². The summed E-state index contributed by atoms with van der Waals surface area (Å²) in [6.45, 7) is 8.14. The zero-order valence-electron chi connectivity index (χ0n) is 54.9. The molecule has 0 spiro atoms. The molecule has 3 fully saturated rings. The molecule has 4 unspecified atom stereocenters. The molecule has 0 amide bonds. The van der Waals surface area contributed by atoms with Gasteiger partial charge in [-0.15, -0.1) is 0 Å². The quantitative estimate of drug-likeness (QED) is 0.0108. The Bertz CT molecular complexity index is 2860. The van der Waals surface area contributed by atoms with Crippen molar-refractivity contribution in [2.75, 3.05) is 60.7 Å². The zero-order valence-corrected chi connectivity index (χ0v) is 55.8. The van der Waals surface area contributed by atoms with E-state index in [1.807, 2.05) is 21.1 Å². The number of phosphoric ester groups is 1. The molecule has 2 saturated carbocycles. The molecule has 91 heavy (non-hydrogen) atoms. The standard InChI is InChI=1S/C67H99N2O21P/c1-11-12-13-14-15-16-17-18-19-20-21-22-23-30-35-53(73)82-41-49(42-85-91(80,81)84-37-36-69(8,9)10)87-54(74)40-68-56(47-31-26-24-27-32-47)57(75)63(78)88-50-39-67(79)61(89-62(77)48-33-28-25-29-34-48)59-65(7,51(72)38-52-66(59,43-83-52)90-46(4)71)60(76)58(86-45(3)70)55(44(50)2)64(67,5)6/h24-29,31-34,49-52,56-59,61,68,72,75,79H,11-23,30,35-43H2,1-10H3/p+1/t49?,50-,51-,52+,56?,57+,58+,59?,61-,65+,66-,67+/m0/s1. The summed E-state index contributed by atoms with van der Waals surface area (Å²) < 4.78 is 65.6. The molecule has 0 radical (unpaired) electrons. The average Bonchev–Trinajstić information content (AvgIpc) is 0.671. The third kappa shape index (κ3) is 19.1. The number of Topliss-reactive ketones (excluding diaryl/α,β-unsaturated/α-hetero) is 1. The summed E-state index contributed by atoms with van der Waals surface area (Å²) in [5.41, 5.74) is -7.87. The molecule has 1 aliphatic heterocycles. The molecule has 13 atom stereocenters. The van der Waals surface area contributed by atoms with Crippen LogP contribution in [0.15, 0.2) is 71.8 Å². The Kier molecular flexibility index (Phi) is 27.1. The molecule has 24 heteroatoms. The number of esters is 6. The minimum Gasteiger partial charge on any atom is -0.462 e. The van der Waals surface area contributed by atoms with Crippen LogP contribution in [0.25, 0.3) is 0 Å². The lowest BCUT2D eigenvalue weighted by atomic mass is 9.44. The summed E-state index contributed by atoms with van der Waals surface area (Å²) in [5, 5.41) is 41.1. The average molecular weight is 1300 g/mol. The lowest BCUT2D eigenvalue weighted by Gasteiger charge is -2.67. The van der Waals surface area contributed by atoms with Crippen LogP contribution in [0, 0.1) is 16.7 Å². The van der Waals surface area contributed by atoms with Crippen LogP contribution in [-0.4, -0.2) is 181 Å². The highest BCUT2D eigenvalue weighted by Gasteiger charge is 2.78. The van der Waals surface area contributed by atoms with Crippen molar-refractivity contribution in [1.82, 2.24) is 5.32 Å². The number of likely N-dealkylation sites (N-methyl/N-ethyl adjacent to an activating group) is 1. The number of nitrogens with one attached hydrogen (secondary N) is 1. The summed E-state index contributed by atoms with van der Waals surface area (Å²) in [6.07, 6.45) is 3.38. The number of hydrogen-bond acceptors (Lipinski definition) is 21. The number of fused-ring (bicyclic) bond motifs is 5. The maximum atomic E-state index is 15.7. The van der Waals surface area contributed by atoms with Crippen molar-refractivity contribution in [2.45, 2.75) is 218 Å². The Morgan fingerprint density at radius 3 is 1.91 bits per heavy atom. The van der Waals surface area contributed by atoms with Gasteiger partial charge in [0, 0.05) is 38.5 Å². The first-order chi connectivity index (χ1) is 42.9. The number of hydrogen-bond donors (Lipinski definition) is 5. The smallest absolute Gasteiger partial charge is 0.462 e. The normalized spacial score (nSPS) is 26.8. The van der Waals surface area contributed by atoms with Gasteiger partial charge in [-0.1, -0.05) is 153 Å². The van der Waals surface area contributed by atoms with Crippen LogP contribution in [0.5, 0.6) is 0 Å². The van der Waals surface area contributed by atoms with Gasteiger partial charge in [0.1, 0.15) is 43.7 Å². The van der Waals surface area contributed by atoms with Gasteiger partial charge < -0.3 is 57.9 Å². The lowest BCUT2D eigenvalue weighted by Crippen LogP contribution is -2.82. The fourth-order valence-corrected chi connectivity index (χ4v) is 14.1. The number of ether oxygens (including phenoxy) is 7. The largest absolute Gasteiger partial charge is 0.472 e. The minimum absolute atomic E-state index is 0.0262. The second-order valence-electron chi connectivity index (χ2n) is 26.6. The van der Waals surface area contributed by atoms with E-state index in [2.05, 4.69) is 12.2 Å². The van der Waals surface area contributed by atoms with E-state index in [0.29, 0.717) is 17.4 Å². The first-order valence-electron chi connectivity index (χ1n) is 32.3. The number of carbonyl (C=O) groups excluding carboxylic acids is 7. The molecule has 3 aliphatic carbocycles. The second-order valence-corrected chi connectivity index (χ2v) is 28.1. The van der Waals surface area contributed by atoms with Crippen LogP contribution >= 0.6 is 7.82 Å². The molecule has 1 heterocycles. The van der Waals surface area contributed by atoms with Gasteiger partial charge in [0.05, 0.1) is 69.9 Å². The van der Waals surface area contributed by atoms with Crippen molar-refractivity contribution in [2.24, 2.45) is 16.7 Å².